The van der Waals surface area contributed by atoms with E-state index in [0.717, 1.165) is 22.6 Å². The Bertz CT molecular complexity index is 996. The second kappa shape index (κ2) is 8.39. The Kier molecular flexibility index (Phi) is 5.74. The van der Waals surface area contributed by atoms with E-state index in [1.165, 1.54) is 0 Å². The summed E-state index contributed by atoms with van der Waals surface area (Å²) in [7, 11) is 0. The molecule has 2 aromatic carbocycles. The van der Waals surface area contributed by atoms with Crippen molar-refractivity contribution in [2.24, 2.45) is 5.73 Å². The van der Waals surface area contributed by atoms with Crippen LogP contribution in [0, 0.1) is 13.8 Å². The Morgan fingerprint density at radius 1 is 1.11 bits per heavy atom. The van der Waals surface area contributed by atoms with E-state index < -0.39 is 5.91 Å². The average molecular weight is 378 g/mol. The molecule has 0 saturated heterocycles. The van der Waals surface area contributed by atoms with Crippen molar-refractivity contribution in [1.29, 1.82) is 0 Å². The summed E-state index contributed by atoms with van der Waals surface area (Å²) < 4.78 is 7.11. The van der Waals surface area contributed by atoms with Gasteiger partial charge in [-0.15, -0.1) is 0 Å². The van der Waals surface area contributed by atoms with Crippen LogP contribution in [0.3, 0.4) is 0 Å². The summed E-state index contributed by atoms with van der Waals surface area (Å²) in [5.74, 6) is -0.400. The van der Waals surface area contributed by atoms with E-state index >= 15 is 0 Å². The second-order valence-electron chi connectivity index (χ2n) is 6.36. The molecule has 0 aliphatic carbocycles. The number of benzene rings is 2. The van der Waals surface area contributed by atoms with Crippen LogP contribution in [0.15, 0.2) is 54.6 Å². The summed E-state index contributed by atoms with van der Waals surface area (Å²) in [6.45, 7) is 4.02. The maximum atomic E-state index is 12.5. The molecule has 0 fully saturated rings. The number of aromatic nitrogens is 2. The van der Waals surface area contributed by atoms with Gasteiger partial charge >= 0.3 is 0 Å². The molecule has 0 saturated carbocycles. The van der Waals surface area contributed by atoms with Gasteiger partial charge in [0.15, 0.2) is 6.61 Å². The third-order valence-corrected chi connectivity index (χ3v) is 4.34. The minimum atomic E-state index is -0.573. The quantitative estimate of drug-likeness (QED) is 0.659. The van der Waals surface area contributed by atoms with E-state index in [2.05, 4.69) is 10.4 Å². The molecule has 1 heterocycles. The summed E-state index contributed by atoms with van der Waals surface area (Å²) in [4.78, 5) is 23.4. The number of ether oxygens (including phenoxy) is 1. The van der Waals surface area contributed by atoms with Crippen LogP contribution in [0.5, 0.6) is 5.75 Å². The maximum absolute atomic E-state index is 12.5. The number of hydrogen-bond donors (Lipinski definition) is 2. The molecule has 3 N–H and O–H groups in total. The van der Waals surface area contributed by atoms with Gasteiger partial charge in [0.1, 0.15) is 5.75 Å². The molecular weight excluding hydrogens is 356 g/mol. The third kappa shape index (κ3) is 4.37. The number of aryl methyl sites for hydroxylation is 1. The fraction of sp³-hybridized carbons (Fsp3) is 0.190. The van der Waals surface area contributed by atoms with E-state index in [1.807, 2.05) is 48.9 Å². The molecule has 7 heteroatoms. The summed E-state index contributed by atoms with van der Waals surface area (Å²) in [5, 5.41) is 7.50. The van der Waals surface area contributed by atoms with Gasteiger partial charge in [0, 0.05) is 23.4 Å². The Hall–Kier alpha value is -3.61. The topological polar surface area (TPSA) is 99.2 Å². The van der Waals surface area contributed by atoms with E-state index in [4.69, 9.17) is 10.5 Å². The van der Waals surface area contributed by atoms with Crippen LogP contribution in [0.25, 0.3) is 5.69 Å². The molecule has 144 valence electrons. The van der Waals surface area contributed by atoms with Gasteiger partial charge in [0.05, 0.1) is 11.4 Å². The molecule has 1 aromatic heterocycles. The van der Waals surface area contributed by atoms with Crippen LogP contribution in [-0.4, -0.2) is 28.2 Å². The predicted molar refractivity (Wildman–Crippen MR) is 105 cm³/mol. The molecule has 3 aromatic rings. The molecule has 28 heavy (non-hydrogen) atoms. The lowest BCUT2D eigenvalue weighted by Gasteiger charge is -2.09. The summed E-state index contributed by atoms with van der Waals surface area (Å²) in [6, 6.07) is 16.5. The van der Waals surface area contributed by atoms with Crippen LogP contribution >= 0.6 is 0 Å². The van der Waals surface area contributed by atoms with Gasteiger partial charge in [-0.2, -0.15) is 5.10 Å². The van der Waals surface area contributed by atoms with E-state index in [0.29, 0.717) is 17.9 Å². The van der Waals surface area contributed by atoms with Gasteiger partial charge in [-0.3, -0.25) is 9.59 Å². The summed E-state index contributed by atoms with van der Waals surface area (Å²) >= 11 is 0. The van der Waals surface area contributed by atoms with Gasteiger partial charge in [-0.05, 0) is 44.2 Å². The Balaban J connectivity index is 1.71. The van der Waals surface area contributed by atoms with Crippen LogP contribution in [0.4, 0.5) is 0 Å². The van der Waals surface area contributed by atoms with E-state index in [-0.39, 0.29) is 12.5 Å². The largest absolute Gasteiger partial charge is 0.484 e. The number of nitrogens with two attached hydrogens (primary N) is 1. The standard InChI is InChI=1S/C21H22N4O3/c1-14-19(15(2)25(24-14)17-8-4-3-5-9-17)12-23-21(27)16-7-6-10-18(11-16)28-13-20(22)26/h3-11H,12-13H2,1-2H3,(H2,22,26)(H,23,27). The first-order chi connectivity index (χ1) is 13.5. The molecule has 0 radical (unpaired) electrons. The average Bonchev–Trinajstić information content (AvgIpc) is 2.99. The van der Waals surface area contributed by atoms with Crippen molar-refractivity contribution in [2.75, 3.05) is 6.61 Å². The number of primary amides is 1. The van der Waals surface area contributed by atoms with Crippen LogP contribution in [0.2, 0.25) is 0 Å². The Morgan fingerprint density at radius 2 is 1.86 bits per heavy atom. The first kappa shape index (κ1) is 19.2. The molecule has 7 nitrogen and oxygen atoms in total. The molecule has 2 amide bonds. The normalized spacial score (nSPS) is 10.5. The molecule has 0 unspecified atom stereocenters. The zero-order valence-corrected chi connectivity index (χ0v) is 15.8. The highest BCUT2D eigenvalue weighted by atomic mass is 16.5. The molecule has 0 aliphatic heterocycles. The molecule has 0 aliphatic rings. The zero-order chi connectivity index (χ0) is 20.1. The van der Waals surface area contributed by atoms with Crippen molar-refractivity contribution in [2.45, 2.75) is 20.4 Å². The lowest BCUT2D eigenvalue weighted by atomic mass is 10.1. The molecular formula is C21H22N4O3. The minimum Gasteiger partial charge on any atom is -0.484 e. The van der Waals surface area contributed by atoms with Gasteiger partial charge in [0.25, 0.3) is 11.8 Å². The van der Waals surface area contributed by atoms with Crippen molar-refractivity contribution in [3.05, 3.63) is 77.1 Å². The minimum absolute atomic E-state index is 0.234. The fourth-order valence-corrected chi connectivity index (χ4v) is 2.90. The van der Waals surface area contributed by atoms with E-state index in [1.54, 1.807) is 24.3 Å². The Morgan fingerprint density at radius 3 is 2.57 bits per heavy atom. The molecule has 0 bridgehead atoms. The number of nitrogens with one attached hydrogen (secondary N) is 1. The molecule has 3 rings (SSSR count). The highest BCUT2D eigenvalue weighted by Crippen LogP contribution is 2.18. The van der Waals surface area contributed by atoms with Crippen LogP contribution < -0.4 is 15.8 Å². The molecule has 0 spiro atoms. The zero-order valence-electron chi connectivity index (χ0n) is 15.8. The van der Waals surface area contributed by atoms with Gasteiger partial charge < -0.3 is 15.8 Å². The predicted octanol–water partition coefficient (Wildman–Crippen LogP) is 2.28. The smallest absolute Gasteiger partial charge is 0.255 e. The van der Waals surface area contributed by atoms with Gasteiger partial charge in [-0.25, -0.2) is 4.68 Å². The van der Waals surface area contributed by atoms with Crippen molar-refractivity contribution >= 4 is 11.8 Å². The van der Waals surface area contributed by atoms with Gasteiger partial charge in [0.2, 0.25) is 0 Å². The van der Waals surface area contributed by atoms with Crippen LogP contribution in [0.1, 0.15) is 27.3 Å². The van der Waals surface area contributed by atoms with E-state index in [9.17, 15) is 9.59 Å². The van der Waals surface area contributed by atoms with Crippen LogP contribution in [-0.2, 0) is 11.3 Å². The maximum Gasteiger partial charge on any atom is 0.255 e. The summed E-state index contributed by atoms with van der Waals surface area (Å²) in [6.07, 6.45) is 0. The first-order valence-corrected chi connectivity index (χ1v) is 8.85. The van der Waals surface area contributed by atoms with Gasteiger partial charge in [-0.1, -0.05) is 24.3 Å². The highest BCUT2D eigenvalue weighted by Gasteiger charge is 2.14. The second-order valence-corrected chi connectivity index (χ2v) is 6.36. The number of nitrogens with zero attached hydrogens (tertiary/aromatic N) is 2. The number of amides is 2. The van der Waals surface area contributed by atoms with Crippen molar-refractivity contribution < 1.29 is 14.3 Å². The number of para-hydroxylation sites is 1. The number of carbonyl (C=O) groups excluding carboxylic acids is 2. The lowest BCUT2D eigenvalue weighted by molar-refractivity contribution is -0.119. The number of carbonyl (C=O) groups is 2. The third-order valence-electron chi connectivity index (χ3n) is 4.34. The lowest BCUT2D eigenvalue weighted by Crippen LogP contribution is -2.24. The van der Waals surface area contributed by atoms with Crippen molar-refractivity contribution in [3.8, 4) is 11.4 Å². The fourth-order valence-electron chi connectivity index (χ4n) is 2.90. The molecule has 0 atom stereocenters. The summed E-state index contributed by atoms with van der Waals surface area (Å²) in [5.41, 5.74) is 9.29. The first-order valence-electron chi connectivity index (χ1n) is 8.85. The Labute approximate surface area is 163 Å². The number of hydrogen-bond acceptors (Lipinski definition) is 4. The monoisotopic (exact) mass is 378 g/mol. The highest BCUT2D eigenvalue weighted by molar-refractivity contribution is 5.94. The van der Waals surface area contributed by atoms with Crippen molar-refractivity contribution in [1.82, 2.24) is 15.1 Å². The number of rotatable bonds is 7. The SMILES string of the molecule is Cc1nn(-c2ccccc2)c(C)c1CNC(=O)c1cccc(OCC(N)=O)c1. The van der Waals surface area contributed by atoms with Crippen molar-refractivity contribution in [3.63, 3.8) is 0 Å².